The van der Waals surface area contributed by atoms with Gasteiger partial charge >= 0.3 is 0 Å². The molecule has 2 aliphatic rings. The number of hydrogen-bond donors (Lipinski definition) is 2. The fraction of sp³-hybridized carbons (Fsp3) is 0.933. The molecule has 1 amide bonds. The van der Waals surface area contributed by atoms with Gasteiger partial charge in [0.05, 0.1) is 0 Å². The average molecular weight is 252 g/mol. The Morgan fingerprint density at radius 2 is 1.89 bits per heavy atom. The molecule has 0 aromatic heterocycles. The van der Waals surface area contributed by atoms with E-state index in [1.165, 1.54) is 19.3 Å². The second-order valence-corrected chi connectivity index (χ2v) is 6.47. The van der Waals surface area contributed by atoms with E-state index in [2.05, 4.69) is 19.2 Å². The molecule has 104 valence electrons. The molecule has 3 nitrogen and oxygen atoms in total. The number of hydrogen-bond acceptors (Lipinski definition) is 2. The summed E-state index contributed by atoms with van der Waals surface area (Å²) in [5, 5.41) is 3.18. The lowest BCUT2D eigenvalue weighted by Crippen LogP contribution is -2.45. The highest BCUT2D eigenvalue weighted by Crippen LogP contribution is 2.31. The van der Waals surface area contributed by atoms with E-state index < -0.39 is 0 Å². The molecular weight excluding hydrogens is 224 g/mol. The molecule has 0 spiro atoms. The van der Waals surface area contributed by atoms with Gasteiger partial charge in [-0.3, -0.25) is 4.79 Å². The number of carbonyl (C=O) groups excluding carboxylic acids is 1. The molecule has 0 radical (unpaired) electrons. The number of rotatable bonds is 3. The maximum absolute atomic E-state index is 12.3. The third kappa shape index (κ3) is 3.05. The fourth-order valence-electron chi connectivity index (χ4n) is 3.66. The summed E-state index contributed by atoms with van der Waals surface area (Å²) in [6.45, 7) is 5.31. The molecule has 0 bridgehead atoms. The van der Waals surface area contributed by atoms with E-state index in [9.17, 15) is 4.79 Å². The van der Waals surface area contributed by atoms with Gasteiger partial charge in [0.15, 0.2) is 0 Å². The van der Waals surface area contributed by atoms with Gasteiger partial charge in [-0.1, -0.05) is 33.1 Å². The highest BCUT2D eigenvalue weighted by atomic mass is 16.1. The minimum absolute atomic E-state index is 0.144. The van der Waals surface area contributed by atoms with Crippen molar-refractivity contribution in [3.05, 3.63) is 0 Å². The average Bonchev–Trinajstić information content (AvgIpc) is 2.75. The van der Waals surface area contributed by atoms with Crippen molar-refractivity contribution in [2.24, 2.45) is 29.4 Å². The van der Waals surface area contributed by atoms with E-state index in [0.29, 0.717) is 11.8 Å². The van der Waals surface area contributed by atoms with E-state index in [4.69, 9.17) is 5.73 Å². The Morgan fingerprint density at radius 1 is 1.17 bits per heavy atom. The maximum Gasteiger partial charge on any atom is 0.223 e. The van der Waals surface area contributed by atoms with E-state index in [1.807, 2.05) is 0 Å². The Kier molecular flexibility index (Phi) is 4.66. The van der Waals surface area contributed by atoms with E-state index in [1.54, 1.807) is 0 Å². The van der Waals surface area contributed by atoms with Crippen molar-refractivity contribution in [1.82, 2.24) is 5.32 Å². The lowest BCUT2D eigenvalue weighted by atomic mass is 9.77. The molecular formula is C15H28N2O. The summed E-state index contributed by atoms with van der Waals surface area (Å²) in [4.78, 5) is 12.3. The molecule has 2 fully saturated rings. The Morgan fingerprint density at radius 3 is 2.56 bits per heavy atom. The minimum Gasteiger partial charge on any atom is -0.356 e. The van der Waals surface area contributed by atoms with Crippen molar-refractivity contribution in [2.45, 2.75) is 58.4 Å². The molecule has 5 unspecified atom stereocenters. The molecule has 0 aromatic rings. The van der Waals surface area contributed by atoms with Gasteiger partial charge in [0, 0.05) is 18.5 Å². The highest BCUT2D eigenvalue weighted by Gasteiger charge is 2.33. The van der Waals surface area contributed by atoms with Crippen LogP contribution in [-0.4, -0.2) is 18.5 Å². The molecule has 2 rings (SSSR count). The normalized spacial score (nSPS) is 40.7. The van der Waals surface area contributed by atoms with E-state index >= 15 is 0 Å². The number of nitrogens with two attached hydrogens (primary N) is 1. The van der Waals surface area contributed by atoms with Gasteiger partial charge in [-0.25, -0.2) is 0 Å². The molecule has 0 heterocycles. The van der Waals surface area contributed by atoms with Crippen molar-refractivity contribution in [3.8, 4) is 0 Å². The van der Waals surface area contributed by atoms with Gasteiger partial charge in [0.25, 0.3) is 0 Å². The fourth-order valence-corrected chi connectivity index (χ4v) is 3.66. The van der Waals surface area contributed by atoms with Crippen molar-refractivity contribution >= 4 is 5.91 Å². The van der Waals surface area contributed by atoms with Crippen LogP contribution in [0.25, 0.3) is 0 Å². The zero-order chi connectivity index (χ0) is 13.1. The topological polar surface area (TPSA) is 55.1 Å². The van der Waals surface area contributed by atoms with Gasteiger partial charge in [-0.15, -0.1) is 0 Å². The van der Waals surface area contributed by atoms with Crippen LogP contribution in [-0.2, 0) is 4.79 Å². The van der Waals surface area contributed by atoms with Gasteiger partial charge < -0.3 is 11.1 Å². The van der Waals surface area contributed by atoms with Crippen LogP contribution in [0.3, 0.4) is 0 Å². The first-order valence-corrected chi connectivity index (χ1v) is 7.63. The largest absolute Gasteiger partial charge is 0.356 e. The third-order valence-corrected chi connectivity index (χ3v) is 5.28. The summed E-state index contributed by atoms with van der Waals surface area (Å²) in [5.41, 5.74) is 6.07. The van der Waals surface area contributed by atoms with Crippen LogP contribution >= 0.6 is 0 Å². The summed E-state index contributed by atoms with van der Waals surface area (Å²) in [6, 6.07) is 0.208. The molecule has 0 saturated heterocycles. The van der Waals surface area contributed by atoms with Gasteiger partial charge in [-0.2, -0.15) is 0 Å². The predicted molar refractivity (Wildman–Crippen MR) is 74.0 cm³/mol. The van der Waals surface area contributed by atoms with Crippen LogP contribution in [0.15, 0.2) is 0 Å². The van der Waals surface area contributed by atoms with Gasteiger partial charge in [-0.05, 0) is 37.0 Å². The Balaban J connectivity index is 1.80. The van der Waals surface area contributed by atoms with E-state index in [0.717, 1.165) is 31.7 Å². The van der Waals surface area contributed by atoms with Crippen molar-refractivity contribution in [3.63, 3.8) is 0 Å². The highest BCUT2D eigenvalue weighted by molar-refractivity contribution is 5.79. The van der Waals surface area contributed by atoms with Gasteiger partial charge in [0.2, 0.25) is 5.91 Å². The molecule has 2 saturated carbocycles. The van der Waals surface area contributed by atoms with E-state index in [-0.39, 0.29) is 17.9 Å². The SMILES string of the molecule is CC1CCCC1CNC(=O)C1CCCC(N)C1C. The van der Waals surface area contributed by atoms with Crippen LogP contribution in [0.5, 0.6) is 0 Å². The second kappa shape index (κ2) is 6.05. The summed E-state index contributed by atoms with van der Waals surface area (Å²) >= 11 is 0. The summed E-state index contributed by atoms with van der Waals surface area (Å²) in [7, 11) is 0. The van der Waals surface area contributed by atoms with Crippen LogP contribution in [0.2, 0.25) is 0 Å². The maximum atomic E-state index is 12.3. The molecule has 5 atom stereocenters. The first-order valence-electron chi connectivity index (χ1n) is 7.63. The smallest absolute Gasteiger partial charge is 0.223 e. The number of nitrogens with one attached hydrogen (secondary N) is 1. The Labute approximate surface area is 111 Å². The van der Waals surface area contributed by atoms with Crippen molar-refractivity contribution in [2.75, 3.05) is 6.54 Å². The quantitative estimate of drug-likeness (QED) is 0.810. The zero-order valence-corrected chi connectivity index (χ0v) is 11.8. The minimum atomic E-state index is 0.144. The monoisotopic (exact) mass is 252 g/mol. The van der Waals surface area contributed by atoms with Crippen LogP contribution in [0.4, 0.5) is 0 Å². The zero-order valence-electron chi connectivity index (χ0n) is 11.8. The van der Waals surface area contributed by atoms with Crippen molar-refractivity contribution < 1.29 is 4.79 Å². The second-order valence-electron chi connectivity index (χ2n) is 6.47. The number of carbonyl (C=O) groups is 1. The molecule has 0 aliphatic heterocycles. The van der Waals surface area contributed by atoms with Crippen LogP contribution in [0, 0.1) is 23.7 Å². The van der Waals surface area contributed by atoms with Crippen molar-refractivity contribution in [1.29, 1.82) is 0 Å². The molecule has 18 heavy (non-hydrogen) atoms. The summed E-state index contributed by atoms with van der Waals surface area (Å²) in [5.74, 6) is 2.19. The predicted octanol–water partition coefficient (Wildman–Crippen LogP) is 2.30. The standard InChI is InChI=1S/C15H28N2O/c1-10-5-3-6-12(10)9-17-15(18)13-7-4-8-14(16)11(13)2/h10-14H,3-9,16H2,1-2H3,(H,17,18). The van der Waals surface area contributed by atoms with Gasteiger partial charge in [0.1, 0.15) is 0 Å². The first-order chi connectivity index (χ1) is 8.59. The Bertz CT molecular complexity index is 292. The number of amides is 1. The summed E-state index contributed by atoms with van der Waals surface area (Å²) < 4.78 is 0. The molecule has 3 heteroatoms. The van der Waals surface area contributed by atoms with Crippen LogP contribution in [0.1, 0.15) is 52.4 Å². The lowest BCUT2D eigenvalue weighted by Gasteiger charge is -2.33. The lowest BCUT2D eigenvalue weighted by molar-refractivity contribution is -0.128. The summed E-state index contributed by atoms with van der Waals surface area (Å²) in [6.07, 6.45) is 7.12. The third-order valence-electron chi connectivity index (χ3n) is 5.28. The molecule has 2 aliphatic carbocycles. The Hall–Kier alpha value is -0.570. The van der Waals surface area contributed by atoms with Crippen LogP contribution < -0.4 is 11.1 Å². The molecule has 3 N–H and O–H groups in total. The molecule has 0 aromatic carbocycles. The first kappa shape index (κ1) is 13.9.